The van der Waals surface area contributed by atoms with Gasteiger partial charge in [0, 0.05) is 17.8 Å². The van der Waals surface area contributed by atoms with Crippen LogP contribution >= 0.6 is 0 Å². The van der Waals surface area contributed by atoms with Gasteiger partial charge in [0.15, 0.2) is 0 Å². The summed E-state index contributed by atoms with van der Waals surface area (Å²) in [5.74, 6) is -0.246. The van der Waals surface area contributed by atoms with E-state index in [0.717, 1.165) is 35.0 Å². The SMILES string of the molecule is O=C(Nc1ccc2c(c1)ncn2CC(F)(F)F)c1cccc2c1CNCC2. The minimum Gasteiger partial charge on any atom is -0.322 e. The van der Waals surface area contributed by atoms with Crippen molar-refractivity contribution in [2.24, 2.45) is 0 Å². The van der Waals surface area contributed by atoms with Gasteiger partial charge in [0.05, 0.1) is 17.4 Å². The van der Waals surface area contributed by atoms with Crippen LogP contribution in [0.25, 0.3) is 11.0 Å². The summed E-state index contributed by atoms with van der Waals surface area (Å²) in [7, 11) is 0. The zero-order valence-corrected chi connectivity index (χ0v) is 14.3. The van der Waals surface area contributed by atoms with Gasteiger partial charge in [0.2, 0.25) is 0 Å². The molecule has 2 N–H and O–H groups in total. The molecule has 0 bridgehead atoms. The number of halogens is 3. The van der Waals surface area contributed by atoms with Gasteiger partial charge in [0.1, 0.15) is 6.54 Å². The predicted molar refractivity (Wildman–Crippen MR) is 95.6 cm³/mol. The number of alkyl halides is 3. The van der Waals surface area contributed by atoms with Crippen molar-refractivity contribution in [1.82, 2.24) is 14.9 Å². The Labute approximate surface area is 153 Å². The Kier molecular flexibility index (Phi) is 4.35. The molecule has 0 saturated heterocycles. The van der Waals surface area contributed by atoms with E-state index in [1.54, 1.807) is 18.2 Å². The number of hydrogen-bond acceptors (Lipinski definition) is 3. The first-order chi connectivity index (χ1) is 12.9. The molecule has 4 rings (SSSR count). The quantitative estimate of drug-likeness (QED) is 0.738. The fourth-order valence-electron chi connectivity index (χ4n) is 3.39. The molecule has 0 saturated carbocycles. The van der Waals surface area contributed by atoms with E-state index in [-0.39, 0.29) is 5.91 Å². The van der Waals surface area contributed by atoms with Gasteiger partial charge >= 0.3 is 6.18 Å². The van der Waals surface area contributed by atoms with Crippen molar-refractivity contribution in [2.75, 3.05) is 11.9 Å². The highest BCUT2D eigenvalue weighted by atomic mass is 19.4. The van der Waals surface area contributed by atoms with E-state index in [2.05, 4.69) is 15.6 Å². The maximum atomic E-state index is 12.7. The number of nitrogens with one attached hydrogen (secondary N) is 2. The minimum absolute atomic E-state index is 0.246. The van der Waals surface area contributed by atoms with Crippen LogP contribution in [0.4, 0.5) is 18.9 Å². The zero-order chi connectivity index (χ0) is 19.0. The Morgan fingerprint density at radius 1 is 1.26 bits per heavy atom. The van der Waals surface area contributed by atoms with Crippen LogP contribution in [0.1, 0.15) is 21.5 Å². The van der Waals surface area contributed by atoms with E-state index < -0.39 is 12.7 Å². The van der Waals surface area contributed by atoms with Crippen LogP contribution in [-0.4, -0.2) is 28.2 Å². The summed E-state index contributed by atoms with van der Waals surface area (Å²) in [5, 5.41) is 6.08. The largest absolute Gasteiger partial charge is 0.406 e. The van der Waals surface area contributed by atoms with Crippen LogP contribution in [0.3, 0.4) is 0 Å². The lowest BCUT2D eigenvalue weighted by Gasteiger charge is -2.20. The maximum Gasteiger partial charge on any atom is 0.406 e. The number of carbonyl (C=O) groups is 1. The number of hydrogen-bond donors (Lipinski definition) is 2. The van der Waals surface area contributed by atoms with Crippen molar-refractivity contribution in [2.45, 2.75) is 25.7 Å². The second kappa shape index (κ2) is 6.70. The van der Waals surface area contributed by atoms with Crippen molar-refractivity contribution in [3.63, 3.8) is 0 Å². The third kappa shape index (κ3) is 3.66. The average Bonchev–Trinajstić information content (AvgIpc) is 3.01. The number of anilines is 1. The fraction of sp³-hybridized carbons (Fsp3) is 0.263. The summed E-state index contributed by atoms with van der Waals surface area (Å²) in [6, 6.07) is 10.4. The number of rotatable bonds is 3. The van der Waals surface area contributed by atoms with Crippen molar-refractivity contribution in [3.8, 4) is 0 Å². The van der Waals surface area contributed by atoms with Gasteiger partial charge in [-0.3, -0.25) is 4.79 Å². The lowest BCUT2D eigenvalue weighted by atomic mass is 9.95. The second-order valence-electron chi connectivity index (χ2n) is 6.52. The topological polar surface area (TPSA) is 59.0 Å². The zero-order valence-electron chi connectivity index (χ0n) is 14.3. The predicted octanol–water partition coefficient (Wildman–Crippen LogP) is 3.50. The van der Waals surface area contributed by atoms with E-state index in [0.29, 0.717) is 28.8 Å². The Morgan fingerprint density at radius 2 is 2.11 bits per heavy atom. The summed E-state index contributed by atoms with van der Waals surface area (Å²) in [6.45, 7) is 0.424. The lowest BCUT2D eigenvalue weighted by molar-refractivity contribution is -0.139. The minimum atomic E-state index is -4.32. The summed E-state index contributed by atoms with van der Waals surface area (Å²) < 4.78 is 38.9. The third-order valence-electron chi connectivity index (χ3n) is 4.62. The Hall–Kier alpha value is -2.87. The number of benzene rings is 2. The number of carbonyl (C=O) groups excluding carboxylic acids is 1. The van der Waals surface area contributed by atoms with Gasteiger partial charge in [-0.15, -0.1) is 0 Å². The molecule has 8 heteroatoms. The van der Waals surface area contributed by atoms with Crippen LogP contribution in [0.5, 0.6) is 0 Å². The normalized spacial score (nSPS) is 14.2. The van der Waals surface area contributed by atoms with Crippen LogP contribution in [0.2, 0.25) is 0 Å². The molecule has 1 amide bonds. The van der Waals surface area contributed by atoms with Crippen molar-refractivity contribution in [1.29, 1.82) is 0 Å². The van der Waals surface area contributed by atoms with Crippen LogP contribution in [0, 0.1) is 0 Å². The van der Waals surface area contributed by atoms with E-state index in [9.17, 15) is 18.0 Å². The highest BCUT2D eigenvalue weighted by molar-refractivity contribution is 6.06. The van der Waals surface area contributed by atoms with E-state index in [1.165, 1.54) is 6.07 Å². The molecule has 5 nitrogen and oxygen atoms in total. The molecular formula is C19H17F3N4O. The number of amides is 1. The van der Waals surface area contributed by atoms with Crippen LogP contribution in [-0.2, 0) is 19.5 Å². The molecule has 1 aromatic heterocycles. The highest BCUT2D eigenvalue weighted by Crippen LogP contribution is 2.24. The van der Waals surface area contributed by atoms with Gasteiger partial charge in [-0.05, 0) is 48.4 Å². The Bertz CT molecular complexity index is 1010. The number of imidazole rings is 1. The summed E-state index contributed by atoms with van der Waals surface area (Å²) >= 11 is 0. The first kappa shape index (κ1) is 17.5. The number of aromatic nitrogens is 2. The van der Waals surface area contributed by atoms with E-state index in [4.69, 9.17) is 0 Å². The molecule has 2 aromatic carbocycles. The van der Waals surface area contributed by atoms with Gasteiger partial charge in [-0.2, -0.15) is 13.2 Å². The lowest BCUT2D eigenvalue weighted by Crippen LogP contribution is -2.27. The molecule has 1 aliphatic rings. The molecule has 2 heterocycles. The molecule has 0 radical (unpaired) electrons. The van der Waals surface area contributed by atoms with E-state index >= 15 is 0 Å². The van der Waals surface area contributed by atoms with Crippen LogP contribution < -0.4 is 10.6 Å². The van der Waals surface area contributed by atoms with Crippen molar-refractivity contribution in [3.05, 3.63) is 59.4 Å². The molecule has 0 spiro atoms. The molecule has 0 atom stereocenters. The van der Waals surface area contributed by atoms with Crippen LogP contribution in [0.15, 0.2) is 42.7 Å². The summed E-state index contributed by atoms with van der Waals surface area (Å²) in [4.78, 5) is 16.7. The first-order valence-corrected chi connectivity index (χ1v) is 8.55. The molecular weight excluding hydrogens is 357 g/mol. The smallest absolute Gasteiger partial charge is 0.322 e. The molecule has 0 unspecified atom stereocenters. The average molecular weight is 374 g/mol. The van der Waals surface area contributed by atoms with Gasteiger partial charge in [-0.25, -0.2) is 4.98 Å². The summed E-state index contributed by atoms with van der Waals surface area (Å²) in [6.07, 6.45) is -2.29. The molecule has 1 aliphatic heterocycles. The molecule has 0 aliphatic carbocycles. The van der Waals surface area contributed by atoms with Gasteiger partial charge in [0.25, 0.3) is 5.91 Å². The van der Waals surface area contributed by atoms with Gasteiger partial charge in [-0.1, -0.05) is 12.1 Å². The van der Waals surface area contributed by atoms with Crippen molar-refractivity contribution < 1.29 is 18.0 Å². The fourth-order valence-corrected chi connectivity index (χ4v) is 3.39. The van der Waals surface area contributed by atoms with Crippen molar-refractivity contribution >= 4 is 22.6 Å². The number of fused-ring (bicyclic) bond motifs is 2. The maximum absolute atomic E-state index is 12.7. The number of nitrogens with zero attached hydrogens (tertiary/aromatic N) is 2. The standard InChI is InChI=1S/C19H17F3N4O/c20-19(21,22)10-26-11-24-16-8-13(4-5-17(16)26)25-18(27)14-3-1-2-12-6-7-23-9-15(12)14/h1-5,8,11,23H,6-7,9-10H2,(H,25,27). The van der Waals surface area contributed by atoms with E-state index in [1.807, 2.05) is 12.1 Å². The van der Waals surface area contributed by atoms with Gasteiger partial charge < -0.3 is 15.2 Å². The second-order valence-corrected chi connectivity index (χ2v) is 6.52. The molecule has 0 fully saturated rings. The molecule has 3 aromatic rings. The Balaban J connectivity index is 1.58. The monoisotopic (exact) mass is 374 g/mol. The first-order valence-electron chi connectivity index (χ1n) is 8.55. The molecule has 27 heavy (non-hydrogen) atoms. The molecule has 140 valence electrons. The third-order valence-corrected chi connectivity index (χ3v) is 4.62. The Morgan fingerprint density at radius 3 is 2.93 bits per heavy atom. The summed E-state index contributed by atoms with van der Waals surface area (Å²) in [5.41, 5.74) is 3.99. The highest BCUT2D eigenvalue weighted by Gasteiger charge is 2.28.